The fourth-order valence-electron chi connectivity index (χ4n) is 5.27. The Morgan fingerprint density at radius 1 is 1.03 bits per heavy atom. The maximum Gasteiger partial charge on any atom is 0.239 e. The van der Waals surface area contributed by atoms with Crippen LogP contribution in [-0.4, -0.2) is 41.1 Å². The van der Waals surface area contributed by atoms with Crippen molar-refractivity contribution in [2.45, 2.75) is 31.8 Å². The first-order valence-corrected chi connectivity index (χ1v) is 10.3. The third kappa shape index (κ3) is 2.75. The number of carbonyl (C=O) groups is 3. The van der Waals surface area contributed by atoms with Gasteiger partial charge in [-0.2, -0.15) is 0 Å². The van der Waals surface area contributed by atoms with Crippen molar-refractivity contribution < 1.29 is 14.4 Å². The molecule has 2 aromatic rings. The average molecular weight is 409 g/mol. The van der Waals surface area contributed by atoms with Crippen molar-refractivity contribution in [3.63, 3.8) is 0 Å². The molecule has 3 aliphatic rings. The summed E-state index contributed by atoms with van der Waals surface area (Å²) in [7, 11) is 0. The maximum atomic E-state index is 13.4. The summed E-state index contributed by atoms with van der Waals surface area (Å²) in [5.41, 5.74) is 2.14. The van der Waals surface area contributed by atoms with E-state index in [1.807, 2.05) is 31.2 Å². The average Bonchev–Trinajstić information content (AvgIpc) is 3.34. The molecule has 3 saturated heterocycles. The number of amides is 2. The number of Topliss-reactive ketones (excluding diaryl/α,β-unsaturated/α-hetero) is 1. The minimum absolute atomic E-state index is 0.0555. The Bertz CT molecular complexity index is 1020. The van der Waals surface area contributed by atoms with E-state index in [0.717, 1.165) is 24.9 Å². The minimum Gasteiger partial charge on any atom is -0.292 e. The Balaban J connectivity index is 1.55. The number of hydrogen-bond acceptors (Lipinski definition) is 4. The largest absolute Gasteiger partial charge is 0.292 e. The number of ketones is 1. The first-order chi connectivity index (χ1) is 14.0. The van der Waals surface area contributed by atoms with Gasteiger partial charge in [0.15, 0.2) is 5.78 Å². The normalized spacial score (nSPS) is 28.7. The lowest BCUT2D eigenvalue weighted by atomic mass is 9.85. The molecule has 0 saturated carbocycles. The van der Waals surface area contributed by atoms with Crippen LogP contribution in [-0.2, 0) is 9.59 Å². The molecule has 0 radical (unpaired) electrons. The number of anilines is 1. The van der Waals surface area contributed by atoms with Crippen LogP contribution in [0.1, 0.15) is 28.8 Å². The zero-order chi connectivity index (χ0) is 20.3. The summed E-state index contributed by atoms with van der Waals surface area (Å²) < 4.78 is 0. The van der Waals surface area contributed by atoms with E-state index in [9.17, 15) is 14.4 Å². The van der Waals surface area contributed by atoms with Gasteiger partial charge in [-0.25, -0.2) is 4.90 Å². The predicted octanol–water partition coefficient (Wildman–Crippen LogP) is 3.48. The molecule has 0 aromatic heterocycles. The standard InChI is InChI=1S/C23H21ClN2O3/c1-13-7-9-14(10-8-13)21(27)20-19-18(17-6-3-11-25(17)20)22(28)26(23(19)29)16-5-2-4-15(24)12-16/h2,4-5,7-10,12,17-20H,3,6,11H2,1H3/t17-,18+,19-,20+/m1/s1. The molecule has 0 aliphatic carbocycles. The number of aryl methyl sites for hydroxylation is 1. The Kier molecular flexibility index (Phi) is 4.33. The van der Waals surface area contributed by atoms with Crippen LogP contribution in [0.4, 0.5) is 5.69 Å². The Labute approximate surface area is 174 Å². The van der Waals surface area contributed by atoms with E-state index in [1.165, 1.54) is 4.90 Å². The summed E-state index contributed by atoms with van der Waals surface area (Å²) in [5, 5.41) is 0.468. The highest BCUT2D eigenvalue weighted by molar-refractivity contribution is 6.31. The van der Waals surface area contributed by atoms with E-state index in [-0.39, 0.29) is 23.6 Å². The number of benzene rings is 2. The van der Waals surface area contributed by atoms with Gasteiger partial charge < -0.3 is 0 Å². The van der Waals surface area contributed by atoms with Gasteiger partial charge in [0, 0.05) is 16.6 Å². The predicted molar refractivity (Wildman–Crippen MR) is 110 cm³/mol. The van der Waals surface area contributed by atoms with Crippen molar-refractivity contribution in [3.05, 3.63) is 64.7 Å². The molecule has 4 atom stereocenters. The molecule has 3 heterocycles. The summed E-state index contributed by atoms with van der Waals surface area (Å²) in [6.45, 7) is 2.72. The highest BCUT2D eigenvalue weighted by Gasteiger charge is 2.64. The Morgan fingerprint density at radius 3 is 2.48 bits per heavy atom. The maximum absolute atomic E-state index is 13.4. The molecule has 5 nitrogen and oxygen atoms in total. The lowest BCUT2D eigenvalue weighted by Crippen LogP contribution is -2.46. The lowest BCUT2D eigenvalue weighted by Gasteiger charge is -2.27. The number of hydrogen-bond donors (Lipinski definition) is 0. The third-order valence-electron chi connectivity index (χ3n) is 6.52. The van der Waals surface area contributed by atoms with Gasteiger partial charge in [0.1, 0.15) is 0 Å². The molecule has 3 fully saturated rings. The first kappa shape index (κ1) is 18.5. The fourth-order valence-corrected chi connectivity index (χ4v) is 5.46. The number of fused-ring (bicyclic) bond motifs is 3. The van der Waals surface area contributed by atoms with E-state index < -0.39 is 17.9 Å². The monoisotopic (exact) mass is 408 g/mol. The highest BCUT2D eigenvalue weighted by atomic mass is 35.5. The van der Waals surface area contributed by atoms with Crippen LogP contribution in [0.3, 0.4) is 0 Å². The van der Waals surface area contributed by atoms with Gasteiger partial charge in [0.2, 0.25) is 11.8 Å². The van der Waals surface area contributed by atoms with E-state index in [2.05, 4.69) is 4.90 Å². The third-order valence-corrected chi connectivity index (χ3v) is 6.76. The molecule has 0 spiro atoms. The number of imide groups is 1. The Morgan fingerprint density at radius 2 is 1.76 bits per heavy atom. The van der Waals surface area contributed by atoms with Gasteiger partial charge in [-0.1, -0.05) is 47.5 Å². The van der Waals surface area contributed by atoms with Crippen molar-refractivity contribution in [2.75, 3.05) is 11.4 Å². The molecule has 0 N–H and O–H groups in total. The van der Waals surface area contributed by atoms with Gasteiger partial charge in [-0.3, -0.25) is 19.3 Å². The molecule has 6 heteroatoms. The topological polar surface area (TPSA) is 57.7 Å². The van der Waals surface area contributed by atoms with Gasteiger partial charge in [-0.05, 0) is 44.5 Å². The highest BCUT2D eigenvalue weighted by Crippen LogP contribution is 2.48. The first-order valence-electron chi connectivity index (χ1n) is 9.97. The van der Waals surface area contributed by atoms with Crippen LogP contribution in [0.2, 0.25) is 5.02 Å². The Hall–Kier alpha value is -2.50. The molecular weight excluding hydrogens is 388 g/mol. The second-order valence-electron chi connectivity index (χ2n) is 8.17. The van der Waals surface area contributed by atoms with E-state index in [1.54, 1.807) is 24.3 Å². The molecule has 5 rings (SSSR count). The second-order valence-corrected chi connectivity index (χ2v) is 8.60. The van der Waals surface area contributed by atoms with Gasteiger partial charge in [-0.15, -0.1) is 0 Å². The smallest absolute Gasteiger partial charge is 0.239 e. The molecule has 3 aliphatic heterocycles. The summed E-state index contributed by atoms with van der Waals surface area (Å²) in [5.74, 6) is -1.68. The summed E-state index contributed by atoms with van der Waals surface area (Å²) in [4.78, 5) is 43.5. The summed E-state index contributed by atoms with van der Waals surface area (Å²) >= 11 is 6.09. The number of halogens is 1. The molecule has 2 amide bonds. The van der Waals surface area contributed by atoms with Crippen LogP contribution in [0.5, 0.6) is 0 Å². The fraction of sp³-hybridized carbons (Fsp3) is 0.348. The van der Waals surface area contributed by atoms with E-state index in [0.29, 0.717) is 16.3 Å². The summed E-state index contributed by atoms with van der Waals surface area (Å²) in [6.07, 6.45) is 1.77. The molecule has 0 bridgehead atoms. The van der Waals surface area contributed by atoms with E-state index in [4.69, 9.17) is 11.6 Å². The molecular formula is C23H21ClN2O3. The van der Waals surface area contributed by atoms with Crippen molar-refractivity contribution in [3.8, 4) is 0 Å². The molecule has 148 valence electrons. The number of rotatable bonds is 3. The van der Waals surface area contributed by atoms with Crippen molar-refractivity contribution in [1.29, 1.82) is 0 Å². The van der Waals surface area contributed by atoms with Crippen LogP contribution >= 0.6 is 11.6 Å². The number of nitrogens with zero attached hydrogens (tertiary/aromatic N) is 2. The molecule has 29 heavy (non-hydrogen) atoms. The van der Waals surface area contributed by atoms with Crippen LogP contribution < -0.4 is 4.90 Å². The van der Waals surface area contributed by atoms with Gasteiger partial charge in [0.05, 0.1) is 23.6 Å². The van der Waals surface area contributed by atoms with Crippen molar-refractivity contribution in [1.82, 2.24) is 4.90 Å². The van der Waals surface area contributed by atoms with Crippen LogP contribution in [0.15, 0.2) is 48.5 Å². The van der Waals surface area contributed by atoms with E-state index >= 15 is 0 Å². The quantitative estimate of drug-likeness (QED) is 0.576. The molecule has 2 aromatic carbocycles. The second kappa shape index (κ2) is 6.78. The zero-order valence-corrected chi connectivity index (χ0v) is 16.8. The molecule has 0 unspecified atom stereocenters. The lowest BCUT2D eigenvalue weighted by molar-refractivity contribution is -0.123. The SMILES string of the molecule is Cc1ccc(C(=O)[C@@H]2[C@@H]3C(=O)N(c4cccc(Cl)c4)C(=O)[C@H]3[C@H]3CCCN32)cc1. The minimum atomic E-state index is -0.638. The van der Waals surface area contributed by atoms with Gasteiger partial charge >= 0.3 is 0 Å². The van der Waals surface area contributed by atoms with Crippen LogP contribution in [0, 0.1) is 18.8 Å². The zero-order valence-electron chi connectivity index (χ0n) is 16.0. The number of carbonyl (C=O) groups excluding carboxylic acids is 3. The van der Waals surface area contributed by atoms with Gasteiger partial charge in [0.25, 0.3) is 0 Å². The van der Waals surface area contributed by atoms with Crippen molar-refractivity contribution in [2.24, 2.45) is 11.8 Å². The van der Waals surface area contributed by atoms with Crippen molar-refractivity contribution >= 4 is 34.9 Å². The van der Waals surface area contributed by atoms with Crippen LogP contribution in [0.25, 0.3) is 0 Å². The summed E-state index contributed by atoms with van der Waals surface area (Å²) in [6, 6.07) is 13.6.